The Bertz CT molecular complexity index is 3020. The van der Waals surface area contributed by atoms with Gasteiger partial charge in [0.2, 0.25) is 11.2 Å². The number of pyridine rings is 1. The number of methoxy groups -OCH3 is 1. The maximum atomic E-state index is 13.9. The van der Waals surface area contributed by atoms with E-state index in [1.807, 2.05) is 24.3 Å². The van der Waals surface area contributed by atoms with Crippen molar-refractivity contribution in [1.29, 1.82) is 0 Å². The Morgan fingerprint density at radius 1 is 0.764 bits per heavy atom. The lowest BCUT2D eigenvalue weighted by Gasteiger charge is -2.33. The first-order valence-electron chi connectivity index (χ1n) is 24.0. The first-order chi connectivity index (χ1) is 35.0. The van der Waals surface area contributed by atoms with Gasteiger partial charge in [-0.1, -0.05) is 97.1 Å². The SMILES string of the molecule is COc1cc(C(=O)NCCNC(=O)c2ccc(COc3cccc([C@](O)(C(=O)OCC4CCN(Cc5ccccc5)CC4)c4ccccc4)c3)cc2)ccc1CNC[C@H](O)c1ccc(O)c2[nH]c(=O)ccc12. The number of H-pyrrole nitrogens is 1. The molecule has 7 N–H and O–H groups in total. The molecule has 6 aromatic carbocycles. The number of carbonyl (C=O) groups excluding carboxylic acids is 3. The second-order valence-corrected chi connectivity index (χ2v) is 17.9. The molecular weight excluding hydrogens is 915 g/mol. The highest BCUT2D eigenvalue weighted by Gasteiger charge is 2.42. The Hall–Kier alpha value is -7.82. The van der Waals surface area contributed by atoms with Crippen molar-refractivity contribution in [2.45, 2.75) is 44.2 Å². The van der Waals surface area contributed by atoms with Crippen molar-refractivity contribution in [3.05, 3.63) is 207 Å². The first kappa shape index (κ1) is 50.6. The van der Waals surface area contributed by atoms with Crippen LogP contribution in [0.4, 0.5) is 0 Å². The number of nitrogens with one attached hydrogen (secondary N) is 4. The molecule has 1 aromatic heterocycles. The molecule has 0 saturated carbocycles. The molecule has 2 amide bonds. The third-order valence-corrected chi connectivity index (χ3v) is 12.9. The quantitative estimate of drug-likeness (QED) is 0.0304. The minimum atomic E-state index is -2.07. The minimum absolute atomic E-state index is 0.0904. The van der Waals surface area contributed by atoms with E-state index in [4.69, 9.17) is 14.2 Å². The van der Waals surface area contributed by atoms with E-state index in [1.165, 1.54) is 24.8 Å². The lowest BCUT2D eigenvalue weighted by molar-refractivity contribution is -0.164. The van der Waals surface area contributed by atoms with Crippen molar-refractivity contribution >= 4 is 28.7 Å². The van der Waals surface area contributed by atoms with Gasteiger partial charge >= 0.3 is 5.97 Å². The van der Waals surface area contributed by atoms with Crippen molar-refractivity contribution in [3.63, 3.8) is 0 Å². The van der Waals surface area contributed by atoms with Crippen LogP contribution in [0.3, 0.4) is 0 Å². The molecule has 1 aliphatic rings. The number of aromatic hydroxyl groups is 1. The molecule has 1 fully saturated rings. The van der Waals surface area contributed by atoms with Gasteiger partial charge in [-0.25, -0.2) is 4.79 Å². The van der Waals surface area contributed by atoms with E-state index in [-0.39, 0.29) is 67.4 Å². The Kier molecular flexibility index (Phi) is 16.8. The summed E-state index contributed by atoms with van der Waals surface area (Å²) in [5.41, 5.74) is 2.65. The van der Waals surface area contributed by atoms with Gasteiger partial charge in [-0.05, 0) is 103 Å². The van der Waals surface area contributed by atoms with E-state index in [0.29, 0.717) is 51.2 Å². The number of esters is 1. The van der Waals surface area contributed by atoms with Gasteiger partial charge in [0, 0.05) is 66.4 Å². The highest BCUT2D eigenvalue weighted by molar-refractivity contribution is 5.95. The number of phenolic OH excluding ortho intramolecular Hbond substituents is 1. The zero-order valence-electron chi connectivity index (χ0n) is 40.0. The summed E-state index contributed by atoms with van der Waals surface area (Å²) in [7, 11) is 1.50. The van der Waals surface area contributed by atoms with Crippen LogP contribution in [-0.2, 0) is 34.8 Å². The number of phenols is 1. The van der Waals surface area contributed by atoms with Gasteiger partial charge in [-0.2, -0.15) is 0 Å². The van der Waals surface area contributed by atoms with E-state index in [2.05, 4.69) is 38.0 Å². The molecule has 0 bridgehead atoms. The number of benzene rings is 6. The number of hydrogen-bond donors (Lipinski definition) is 7. The number of piperidine rings is 1. The molecule has 2 heterocycles. The van der Waals surface area contributed by atoms with Crippen LogP contribution in [0, 0.1) is 5.92 Å². The molecule has 0 spiro atoms. The molecule has 1 saturated heterocycles. The molecule has 0 radical (unpaired) electrons. The van der Waals surface area contributed by atoms with Crippen molar-refractivity contribution in [2.24, 2.45) is 5.92 Å². The number of hydrogen-bond acceptors (Lipinski definition) is 12. The fourth-order valence-electron chi connectivity index (χ4n) is 8.85. The predicted octanol–water partition coefficient (Wildman–Crippen LogP) is 6.50. The maximum absolute atomic E-state index is 13.9. The summed E-state index contributed by atoms with van der Waals surface area (Å²) in [5.74, 6) is -0.412. The number of rotatable bonds is 21. The van der Waals surface area contributed by atoms with Gasteiger partial charge in [0.1, 0.15) is 23.9 Å². The molecular formula is C57H59N5O10. The maximum Gasteiger partial charge on any atom is 0.347 e. The highest BCUT2D eigenvalue weighted by atomic mass is 16.6. The second-order valence-electron chi connectivity index (χ2n) is 17.9. The molecule has 372 valence electrons. The topological polar surface area (TPSA) is 212 Å². The Balaban J connectivity index is 0.779. The van der Waals surface area contributed by atoms with Gasteiger partial charge in [0.05, 0.1) is 25.3 Å². The average Bonchev–Trinajstić information content (AvgIpc) is 3.41. The van der Waals surface area contributed by atoms with Crippen LogP contribution in [-0.4, -0.2) is 89.4 Å². The largest absolute Gasteiger partial charge is 0.506 e. The van der Waals surface area contributed by atoms with Crippen molar-refractivity contribution in [3.8, 4) is 17.2 Å². The zero-order valence-corrected chi connectivity index (χ0v) is 40.0. The summed E-state index contributed by atoms with van der Waals surface area (Å²) in [5, 5.41) is 42.7. The molecule has 15 nitrogen and oxygen atoms in total. The summed E-state index contributed by atoms with van der Waals surface area (Å²) in [6.07, 6.45) is 0.833. The fraction of sp³-hybridized carbons (Fsp3) is 0.263. The van der Waals surface area contributed by atoms with Gasteiger partial charge in [0.25, 0.3) is 11.8 Å². The molecule has 1 aliphatic heterocycles. The van der Waals surface area contributed by atoms with Crippen LogP contribution < -0.4 is 31.0 Å². The van der Waals surface area contributed by atoms with Crippen LogP contribution in [0.25, 0.3) is 10.9 Å². The summed E-state index contributed by atoms with van der Waals surface area (Å²) >= 11 is 0. The molecule has 2 atom stereocenters. The van der Waals surface area contributed by atoms with Crippen molar-refractivity contribution in [1.82, 2.24) is 25.8 Å². The number of aromatic amines is 1. The number of aromatic nitrogens is 1. The van der Waals surface area contributed by atoms with Gasteiger partial charge in [0.15, 0.2) is 0 Å². The van der Waals surface area contributed by atoms with E-state index in [1.54, 1.807) is 103 Å². The summed E-state index contributed by atoms with van der Waals surface area (Å²) in [4.78, 5) is 56.7. The number of ether oxygens (including phenoxy) is 3. The van der Waals surface area contributed by atoms with Crippen molar-refractivity contribution in [2.75, 3.05) is 46.4 Å². The number of amides is 2. The Labute approximate surface area is 417 Å². The third-order valence-electron chi connectivity index (χ3n) is 12.9. The number of aliphatic hydroxyl groups excluding tert-OH is 1. The van der Waals surface area contributed by atoms with Crippen LogP contribution in [0.5, 0.6) is 17.2 Å². The summed E-state index contributed by atoms with van der Waals surface area (Å²) < 4.78 is 17.6. The third kappa shape index (κ3) is 12.5. The normalized spacial score (nSPS) is 14.2. The zero-order chi connectivity index (χ0) is 50.5. The molecule has 0 unspecified atom stereocenters. The summed E-state index contributed by atoms with van der Waals surface area (Å²) in [6, 6.07) is 43.8. The Morgan fingerprint density at radius 2 is 1.44 bits per heavy atom. The van der Waals surface area contributed by atoms with E-state index in [9.17, 15) is 34.5 Å². The predicted molar refractivity (Wildman–Crippen MR) is 273 cm³/mol. The van der Waals surface area contributed by atoms with Crippen LogP contribution >= 0.6 is 0 Å². The summed E-state index contributed by atoms with van der Waals surface area (Å²) in [6.45, 7) is 3.89. The van der Waals surface area contributed by atoms with Crippen LogP contribution in [0.1, 0.15) is 73.0 Å². The van der Waals surface area contributed by atoms with E-state index < -0.39 is 17.7 Å². The lowest BCUT2D eigenvalue weighted by atomic mass is 9.86. The van der Waals surface area contributed by atoms with Gasteiger partial charge < -0.3 is 50.5 Å². The number of nitrogens with zero attached hydrogens (tertiary/aromatic N) is 1. The van der Waals surface area contributed by atoms with Crippen molar-refractivity contribution < 1.29 is 43.9 Å². The van der Waals surface area contributed by atoms with E-state index in [0.717, 1.165) is 43.6 Å². The number of likely N-dealkylation sites (tertiary alicyclic amines) is 1. The highest BCUT2D eigenvalue weighted by Crippen LogP contribution is 2.34. The van der Waals surface area contributed by atoms with E-state index >= 15 is 0 Å². The van der Waals surface area contributed by atoms with Crippen LogP contribution in [0.2, 0.25) is 0 Å². The van der Waals surface area contributed by atoms with Crippen LogP contribution in [0.15, 0.2) is 156 Å². The molecule has 7 aromatic rings. The molecule has 15 heteroatoms. The number of aliphatic hydroxyl groups is 2. The second kappa shape index (κ2) is 23.9. The monoisotopic (exact) mass is 973 g/mol. The lowest BCUT2D eigenvalue weighted by Crippen LogP contribution is -2.40. The average molecular weight is 974 g/mol. The number of carbonyl (C=O) groups is 3. The molecule has 0 aliphatic carbocycles. The van der Waals surface area contributed by atoms with Gasteiger partial charge in [-0.15, -0.1) is 0 Å². The molecule has 8 rings (SSSR count). The smallest absolute Gasteiger partial charge is 0.347 e. The standard InChI is InChI=1S/C57H59N5O10/c1-70-51-31-42(19-20-43(51)33-58-34-50(64)47-21-23-49(63)53-48(47)22-24-52(65)61-53)55(67)60-28-27-59-54(66)41-17-15-39(16-18-41)36-71-46-14-8-13-45(32-46)57(69,44-11-6-3-7-12-44)56(68)72-37-40-25-29-62(30-26-40)35-38-9-4-2-5-10-38/h2-24,31-32,40,50,58,63-64,69H,25-30,33-37H2,1H3,(H,59,66)(H,60,67)(H,61,65)/t50-,57-/m0/s1. The molecule has 72 heavy (non-hydrogen) atoms. The Morgan fingerprint density at radius 3 is 2.17 bits per heavy atom. The number of fused-ring (bicyclic) bond motifs is 1. The van der Waals surface area contributed by atoms with Gasteiger partial charge in [-0.3, -0.25) is 19.3 Å². The first-order valence-corrected chi connectivity index (χ1v) is 24.0. The minimum Gasteiger partial charge on any atom is -0.506 e. The fourth-order valence-corrected chi connectivity index (χ4v) is 8.85.